The van der Waals surface area contributed by atoms with E-state index < -0.39 is 17.7 Å². The molecule has 114 valence electrons. The highest BCUT2D eigenvalue weighted by molar-refractivity contribution is 6.34. The van der Waals surface area contributed by atoms with Crippen molar-refractivity contribution in [3.63, 3.8) is 0 Å². The quantitative estimate of drug-likeness (QED) is 0.903. The Balaban J connectivity index is 2.31. The molecule has 7 heteroatoms. The van der Waals surface area contributed by atoms with Crippen LogP contribution >= 0.6 is 11.6 Å². The largest absolute Gasteiger partial charge is 0.496 e. The zero-order chi connectivity index (χ0) is 16.3. The molecule has 2 rings (SSSR count). The second kappa shape index (κ2) is 6.44. The lowest BCUT2D eigenvalue weighted by Gasteiger charge is -2.11. The number of nitrogens with one attached hydrogen (secondary N) is 1. The van der Waals surface area contributed by atoms with E-state index in [9.17, 15) is 14.0 Å². The van der Waals surface area contributed by atoms with Gasteiger partial charge in [0.15, 0.2) is 0 Å². The number of methoxy groups -OCH3 is 1. The average molecular weight is 324 g/mol. The number of hydrogen-bond acceptors (Lipinski definition) is 3. The molecule has 0 aromatic heterocycles. The lowest BCUT2D eigenvalue weighted by Crippen LogP contribution is -2.13. The van der Waals surface area contributed by atoms with Crippen LogP contribution in [0, 0.1) is 5.82 Å². The molecule has 0 aliphatic heterocycles. The van der Waals surface area contributed by atoms with Gasteiger partial charge < -0.3 is 15.2 Å². The summed E-state index contributed by atoms with van der Waals surface area (Å²) in [5.74, 6) is -2.10. The van der Waals surface area contributed by atoms with E-state index in [1.54, 1.807) is 0 Å². The highest BCUT2D eigenvalue weighted by atomic mass is 35.5. The van der Waals surface area contributed by atoms with Gasteiger partial charge in [0.1, 0.15) is 17.1 Å². The average Bonchev–Trinajstić information content (AvgIpc) is 2.49. The van der Waals surface area contributed by atoms with E-state index in [0.29, 0.717) is 0 Å². The first-order valence-corrected chi connectivity index (χ1v) is 6.48. The van der Waals surface area contributed by atoms with Gasteiger partial charge in [0.2, 0.25) is 0 Å². The first-order valence-electron chi connectivity index (χ1n) is 6.10. The Labute approximate surface area is 130 Å². The smallest absolute Gasteiger partial charge is 0.339 e. The van der Waals surface area contributed by atoms with E-state index >= 15 is 0 Å². The highest BCUT2D eigenvalue weighted by Gasteiger charge is 2.16. The molecule has 0 heterocycles. The van der Waals surface area contributed by atoms with E-state index in [-0.39, 0.29) is 27.6 Å². The topological polar surface area (TPSA) is 75.6 Å². The molecule has 0 saturated heterocycles. The Morgan fingerprint density at radius 3 is 2.41 bits per heavy atom. The molecular formula is C15H11ClFNO4. The summed E-state index contributed by atoms with van der Waals surface area (Å²) in [5, 5.41) is 11.6. The van der Waals surface area contributed by atoms with Gasteiger partial charge in [-0.15, -0.1) is 0 Å². The van der Waals surface area contributed by atoms with Crippen molar-refractivity contribution in [1.29, 1.82) is 0 Å². The van der Waals surface area contributed by atoms with E-state index in [2.05, 4.69) is 5.32 Å². The third-order valence-electron chi connectivity index (χ3n) is 2.87. The van der Waals surface area contributed by atoms with Gasteiger partial charge >= 0.3 is 5.97 Å². The minimum atomic E-state index is -1.20. The summed E-state index contributed by atoms with van der Waals surface area (Å²) in [6.07, 6.45) is 0. The maximum atomic E-state index is 12.8. The molecule has 0 bridgehead atoms. The number of carboxylic acid groups (broad SMARTS) is 1. The number of amides is 1. The number of rotatable bonds is 4. The molecule has 22 heavy (non-hydrogen) atoms. The summed E-state index contributed by atoms with van der Waals surface area (Å²) >= 11 is 5.97. The molecule has 0 aliphatic carbocycles. The fourth-order valence-electron chi connectivity index (χ4n) is 1.78. The molecule has 0 unspecified atom stereocenters. The second-order valence-corrected chi connectivity index (χ2v) is 4.71. The number of ether oxygens (including phenoxy) is 1. The lowest BCUT2D eigenvalue weighted by molar-refractivity contribution is 0.0693. The van der Waals surface area contributed by atoms with Crippen molar-refractivity contribution in [2.24, 2.45) is 0 Å². The van der Waals surface area contributed by atoms with E-state index in [1.807, 2.05) is 0 Å². The third-order valence-corrected chi connectivity index (χ3v) is 3.19. The highest BCUT2D eigenvalue weighted by Crippen LogP contribution is 2.31. The van der Waals surface area contributed by atoms with Crippen LogP contribution in [0.25, 0.3) is 0 Å². The molecular weight excluding hydrogens is 313 g/mol. The van der Waals surface area contributed by atoms with Gasteiger partial charge in [0.25, 0.3) is 5.91 Å². The van der Waals surface area contributed by atoms with Crippen LogP contribution in [0.5, 0.6) is 5.75 Å². The number of benzene rings is 2. The van der Waals surface area contributed by atoms with Crippen LogP contribution in [0.2, 0.25) is 5.02 Å². The lowest BCUT2D eigenvalue weighted by atomic mass is 10.1. The number of anilines is 1. The number of aromatic carboxylic acids is 1. The number of halogens is 2. The van der Waals surface area contributed by atoms with Crippen molar-refractivity contribution < 1.29 is 23.8 Å². The predicted molar refractivity (Wildman–Crippen MR) is 79.3 cm³/mol. The fourth-order valence-corrected chi connectivity index (χ4v) is 1.99. The van der Waals surface area contributed by atoms with Crippen molar-refractivity contribution >= 4 is 29.2 Å². The Morgan fingerprint density at radius 1 is 1.23 bits per heavy atom. The van der Waals surface area contributed by atoms with Gasteiger partial charge in [0, 0.05) is 11.6 Å². The van der Waals surface area contributed by atoms with Crippen molar-refractivity contribution in [1.82, 2.24) is 0 Å². The Hall–Kier alpha value is -2.60. The molecule has 2 aromatic rings. The van der Waals surface area contributed by atoms with Crippen LogP contribution in [-0.4, -0.2) is 24.1 Å². The summed E-state index contributed by atoms with van der Waals surface area (Å²) in [4.78, 5) is 23.1. The second-order valence-electron chi connectivity index (χ2n) is 4.30. The van der Waals surface area contributed by atoms with Gasteiger partial charge in [0.05, 0.1) is 17.8 Å². The monoisotopic (exact) mass is 323 g/mol. The number of carbonyl (C=O) groups is 2. The maximum Gasteiger partial charge on any atom is 0.339 e. The first-order chi connectivity index (χ1) is 10.4. The number of carbonyl (C=O) groups excluding carboxylic acids is 1. The van der Waals surface area contributed by atoms with Gasteiger partial charge in [-0.2, -0.15) is 0 Å². The van der Waals surface area contributed by atoms with Gasteiger partial charge in [-0.25, -0.2) is 9.18 Å². The molecule has 0 aliphatic rings. The maximum absolute atomic E-state index is 12.8. The zero-order valence-electron chi connectivity index (χ0n) is 11.4. The molecule has 0 saturated carbocycles. The van der Waals surface area contributed by atoms with E-state index in [4.69, 9.17) is 21.4 Å². The van der Waals surface area contributed by atoms with Crippen molar-refractivity contribution in [2.45, 2.75) is 0 Å². The summed E-state index contributed by atoms with van der Waals surface area (Å²) in [7, 11) is 1.31. The third kappa shape index (κ3) is 3.35. The Kier molecular flexibility index (Phi) is 4.62. The molecule has 0 atom stereocenters. The summed E-state index contributed by atoms with van der Waals surface area (Å²) in [6, 6.07) is 7.45. The van der Waals surface area contributed by atoms with Crippen LogP contribution < -0.4 is 10.1 Å². The molecule has 0 spiro atoms. The van der Waals surface area contributed by atoms with Crippen molar-refractivity contribution in [3.8, 4) is 5.75 Å². The predicted octanol–water partition coefficient (Wildman–Crippen LogP) is 3.44. The molecule has 5 nitrogen and oxygen atoms in total. The SMILES string of the molecule is COc1cc(NC(=O)c2ccc(F)cc2)c(Cl)cc1C(=O)O. The van der Waals surface area contributed by atoms with Crippen molar-refractivity contribution in [3.05, 3.63) is 58.4 Å². The van der Waals surface area contributed by atoms with E-state index in [0.717, 1.165) is 12.1 Å². The molecule has 0 radical (unpaired) electrons. The normalized spacial score (nSPS) is 10.1. The number of hydrogen-bond donors (Lipinski definition) is 2. The van der Waals surface area contributed by atoms with E-state index in [1.165, 1.54) is 31.4 Å². The van der Waals surface area contributed by atoms with Gasteiger partial charge in [-0.3, -0.25) is 4.79 Å². The Morgan fingerprint density at radius 2 is 1.86 bits per heavy atom. The summed E-state index contributed by atoms with van der Waals surface area (Å²) in [5.41, 5.74) is 0.309. The minimum absolute atomic E-state index is 0.0497. The van der Waals surface area contributed by atoms with Gasteiger partial charge in [-0.1, -0.05) is 11.6 Å². The molecule has 1 amide bonds. The standard InChI is InChI=1S/C15H11ClFNO4/c1-22-13-7-12(11(16)6-10(13)15(20)21)18-14(19)8-2-4-9(17)5-3-8/h2-7H,1H3,(H,18,19)(H,20,21). The molecule has 2 N–H and O–H groups in total. The Bertz CT molecular complexity index is 731. The fraction of sp³-hybridized carbons (Fsp3) is 0.0667. The first kappa shape index (κ1) is 15.8. The zero-order valence-corrected chi connectivity index (χ0v) is 12.1. The van der Waals surface area contributed by atoms with Crippen LogP contribution in [0.1, 0.15) is 20.7 Å². The van der Waals surface area contributed by atoms with Crippen LogP contribution in [0.15, 0.2) is 36.4 Å². The van der Waals surface area contributed by atoms with Gasteiger partial charge in [-0.05, 0) is 30.3 Å². The number of carboxylic acids is 1. The summed E-state index contributed by atoms with van der Waals surface area (Å²) < 4.78 is 17.8. The van der Waals surface area contributed by atoms with Crippen LogP contribution in [-0.2, 0) is 0 Å². The minimum Gasteiger partial charge on any atom is -0.496 e. The van der Waals surface area contributed by atoms with Crippen molar-refractivity contribution in [2.75, 3.05) is 12.4 Å². The molecule has 0 fully saturated rings. The van der Waals surface area contributed by atoms with Crippen LogP contribution in [0.3, 0.4) is 0 Å². The molecule has 2 aromatic carbocycles. The summed E-state index contributed by atoms with van der Waals surface area (Å²) in [6.45, 7) is 0. The van der Waals surface area contributed by atoms with Crippen LogP contribution in [0.4, 0.5) is 10.1 Å².